The summed E-state index contributed by atoms with van der Waals surface area (Å²) in [5.74, 6) is 1.95. The fourth-order valence-corrected chi connectivity index (χ4v) is 2.64. The summed E-state index contributed by atoms with van der Waals surface area (Å²) in [6.07, 6.45) is 2.41. The maximum atomic E-state index is 12.4. The van der Waals surface area contributed by atoms with Crippen molar-refractivity contribution in [3.8, 4) is 0 Å². The minimum atomic E-state index is -0.311. The van der Waals surface area contributed by atoms with Gasteiger partial charge < -0.3 is 10.2 Å². The Morgan fingerprint density at radius 2 is 2.06 bits per heavy atom. The van der Waals surface area contributed by atoms with Crippen LogP contribution in [0.25, 0.3) is 0 Å². The van der Waals surface area contributed by atoms with E-state index in [1.165, 1.54) is 6.42 Å². The zero-order chi connectivity index (χ0) is 13.3. The van der Waals surface area contributed by atoms with Crippen molar-refractivity contribution in [1.29, 1.82) is 0 Å². The Labute approximate surface area is 109 Å². The van der Waals surface area contributed by atoms with Crippen molar-refractivity contribution in [2.24, 2.45) is 17.8 Å². The number of nitrogens with zero attached hydrogens (tertiary/aromatic N) is 1. The molecule has 102 valence electrons. The molecule has 2 aliphatic rings. The van der Waals surface area contributed by atoms with Crippen molar-refractivity contribution in [3.63, 3.8) is 0 Å². The molecule has 1 heterocycles. The molecule has 3 unspecified atom stereocenters. The zero-order valence-corrected chi connectivity index (χ0v) is 11.6. The van der Waals surface area contributed by atoms with Crippen molar-refractivity contribution in [3.05, 3.63) is 0 Å². The van der Waals surface area contributed by atoms with Crippen LogP contribution < -0.4 is 5.32 Å². The highest BCUT2D eigenvalue weighted by Crippen LogP contribution is 2.38. The lowest BCUT2D eigenvalue weighted by molar-refractivity contribution is -0.134. The van der Waals surface area contributed by atoms with Gasteiger partial charge in [-0.2, -0.15) is 0 Å². The third-order valence-corrected chi connectivity index (χ3v) is 3.99. The quantitative estimate of drug-likeness (QED) is 0.822. The molecular formula is C14H24N2O2. The van der Waals surface area contributed by atoms with E-state index in [1.807, 2.05) is 4.90 Å². The summed E-state index contributed by atoms with van der Waals surface area (Å²) in [5, 5.41) is 2.86. The van der Waals surface area contributed by atoms with E-state index in [1.54, 1.807) is 0 Å². The monoisotopic (exact) mass is 252 g/mol. The van der Waals surface area contributed by atoms with Crippen LogP contribution in [-0.2, 0) is 9.59 Å². The Morgan fingerprint density at radius 1 is 1.39 bits per heavy atom. The number of carbonyl (C=O) groups is 2. The number of hydrogen-bond donors (Lipinski definition) is 1. The van der Waals surface area contributed by atoms with Gasteiger partial charge in [0.2, 0.25) is 11.8 Å². The second-order valence-corrected chi connectivity index (χ2v) is 6.26. The molecule has 0 bridgehead atoms. The summed E-state index contributed by atoms with van der Waals surface area (Å²) in [6.45, 7) is 7.81. The molecule has 0 radical (unpaired) electrons. The number of hydrogen-bond acceptors (Lipinski definition) is 2. The minimum Gasteiger partial charge on any atom is -0.344 e. The van der Waals surface area contributed by atoms with Gasteiger partial charge in [-0.1, -0.05) is 20.8 Å². The van der Waals surface area contributed by atoms with Crippen LogP contribution in [0.4, 0.5) is 0 Å². The van der Waals surface area contributed by atoms with Crippen molar-refractivity contribution in [2.75, 3.05) is 13.1 Å². The van der Waals surface area contributed by atoms with E-state index in [4.69, 9.17) is 0 Å². The van der Waals surface area contributed by atoms with Gasteiger partial charge in [-0.3, -0.25) is 9.59 Å². The number of amides is 2. The van der Waals surface area contributed by atoms with Crippen LogP contribution in [0.3, 0.4) is 0 Å². The number of rotatable bonds is 4. The lowest BCUT2D eigenvalue weighted by atomic mass is 10.0. The molecule has 18 heavy (non-hydrogen) atoms. The first-order valence-electron chi connectivity index (χ1n) is 7.05. The highest BCUT2D eigenvalue weighted by molar-refractivity contribution is 5.89. The molecule has 4 nitrogen and oxygen atoms in total. The van der Waals surface area contributed by atoms with Crippen LogP contribution >= 0.6 is 0 Å². The first-order valence-corrected chi connectivity index (χ1v) is 7.05. The average Bonchev–Trinajstić information content (AvgIpc) is 2.98. The highest BCUT2D eigenvalue weighted by atomic mass is 16.2. The van der Waals surface area contributed by atoms with Crippen LogP contribution in [0.5, 0.6) is 0 Å². The smallest absolute Gasteiger partial charge is 0.245 e. The van der Waals surface area contributed by atoms with E-state index >= 15 is 0 Å². The first-order chi connectivity index (χ1) is 8.47. The number of nitrogens with one attached hydrogen (secondary N) is 1. The van der Waals surface area contributed by atoms with Crippen LogP contribution in [0.15, 0.2) is 0 Å². The van der Waals surface area contributed by atoms with E-state index in [9.17, 15) is 9.59 Å². The Balaban J connectivity index is 2.00. The Hall–Kier alpha value is -1.06. The van der Waals surface area contributed by atoms with Gasteiger partial charge in [-0.25, -0.2) is 0 Å². The Bertz CT molecular complexity index is 341. The molecule has 2 fully saturated rings. The third kappa shape index (κ3) is 3.24. The van der Waals surface area contributed by atoms with E-state index in [0.717, 1.165) is 18.9 Å². The number of carbonyl (C=O) groups excluding carboxylic acids is 2. The van der Waals surface area contributed by atoms with Crippen LogP contribution in [0.1, 0.15) is 40.0 Å². The summed E-state index contributed by atoms with van der Waals surface area (Å²) in [7, 11) is 0. The second kappa shape index (κ2) is 5.29. The molecule has 3 atom stereocenters. The molecule has 0 aromatic carbocycles. The molecule has 4 heteroatoms. The van der Waals surface area contributed by atoms with E-state index in [-0.39, 0.29) is 17.9 Å². The van der Waals surface area contributed by atoms with Gasteiger partial charge in [-0.05, 0) is 30.6 Å². The summed E-state index contributed by atoms with van der Waals surface area (Å²) >= 11 is 0. The van der Waals surface area contributed by atoms with Gasteiger partial charge in [0.05, 0.1) is 0 Å². The van der Waals surface area contributed by atoms with E-state index in [0.29, 0.717) is 24.8 Å². The van der Waals surface area contributed by atoms with Gasteiger partial charge >= 0.3 is 0 Å². The molecule has 1 N–H and O–H groups in total. The molecule has 2 amide bonds. The normalized spacial score (nSPS) is 32.4. The van der Waals surface area contributed by atoms with Crippen molar-refractivity contribution < 1.29 is 9.59 Å². The van der Waals surface area contributed by atoms with E-state index in [2.05, 4.69) is 26.1 Å². The first kappa shape index (κ1) is 13.4. The summed E-state index contributed by atoms with van der Waals surface area (Å²) in [6, 6.07) is -0.311. The standard InChI is InChI=1S/C14H24N2O2/c1-9(2)6-12-14(18)16(5-4-13(17)15-12)8-11-7-10(11)3/h9-12H,4-8H2,1-3H3,(H,15,17). The van der Waals surface area contributed by atoms with Crippen molar-refractivity contribution in [2.45, 2.75) is 46.1 Å². The lowest BCUT2D eigenvalue weighted by Crippen LogP contribution is -2.46. The van der Waals surface area contributed by atoms with Crippen molar-refractivity contribution >= 4 is 11.8 Å². The van der Waals surface area contributed by atoms with E-state index < -0.39 is 0 Å². The van der Waals surface area contributed by atoms with Gasteiger partial charge in [-0.15, -0.1) is 0 Å². The largest absolute Gasteiger partial charge is 0.344 e. The third-order valence-electron chi connectivity index (χ3n) is 3.99. The molecule has 0 aromatic rings. The molecule has 1 saturated carbocycles. The van der Waals surface area contributed by atoms with Crippen LogP contribution in [-0.4, -0.2) is 35.8 Å². The second-order valence-electron chi connectivity index (χ2n) is 6.26. The average molecular weight is 252 g/mol. The topological polar surface area (TPSA) is 49.4 Å². The lowest BCUT2D eigenvalue weighted by Gasteiger charge is -2.25. The Kier molecular flexibility index (Phi) is 3.93. The molecule has 2 rings (SSSR count). The molecule has 1 saturated heterocycles. The minimum absolute atomic E-state index is 0.0142. The van der Waals surface area contributed by atoms with Crippen LogP contribution in [0.2, 0.25) is 0 Å². The Morgan fingerprint density at radius 3 is 2.61 bits per heavy atom. The predicted molar refractivity (Wildman–Crippen MR) is 69.9 cm³/mol. The summed E-state index contributed by atoms with van der Waals surface area (Å²) < 4.78 is 0. The maximum absolute atomic E-state index is 12.4. The van der Waals surface area contributed by atoms with Crippen LogP contribution in [0, 0.1) is 17.8 Å². The summed E-state index contributed by atoms with van der Waals surface area (Å²) in [5.41, 5.74) is 0. The van der Waals surface area contributed by atoms with Gasteiger partial charge in [0.15, 0.2) is 0 Å². The summed E-state index contributed by atoms with van der Waals surface area (Å²) in [4.78, 5) is 26.0. The molecular weight excluding hydrogens is 228 g/mol. The molecule has 1 aliphatic heterocycles. The molecule has 0 spiro atoms. The maximum Gasteiger partial charge on any atom is 0.245 e. The predicted octanol–water partition coefficient (Wildman–Crippen LogP) is 1.41. The zero-order valence-electron chi connectivity index (χ0n) is 11.6. The van der Waals surface area contributed by atoms with Gasteiger partial charge in [0, 0.05) is 19.5 Å². The SMILES string of the molecule is CC(C)CC1NC(=O)CCN(CC2CC2C)C1=O. The van der Waals surface area contributed by atoms with Gasteiger partial charge in [0.1, 0.15) is 6.04 Å². The molecule has 1 aliphatic carbocycles. The highest BCUT2D eigenvalue weighted by Gasteiger charge is 2.38. The molecule has 0 aromatic heterocycles. The van der Waals surface area contributed by atoms with Crippen molar-refractivity contribution in [1.82, 2.24) is 10.2 Å². The fraction of sp³-hybridized carbons (Fsp3) is 0.857. The fourth-order valence-electron chi connectivity index (χ4n) is 2.64. The van der Waals surface area contributed by atoms with Gasteiger partial charge in [0.25, 0.3) is 0 Å².